The zero-order valence-corrected chi connectivity index (χ0v) is 18.6. The molecule has 0 spiro atoms. The number of rotatable bonds is 6. The Bertz CT molecular complexity index is 854. The predicted molar refractivity (Wildman–Crippen MR) is 119 cm³/mol. The number of likely N-dealkylation sites (tertiary alicyclic amines) is 1. The topological polar surface area (TPSA) is 74.6 Å². The van der Waals surface area contributed by atoms with Crippen LogP contribution in [0, 0.1) is 17.3 Å². The van der Waals surface area contributed by atoms with Crippen molar-refractivity contribution in [2.24, 2.45) is 17.3 Å². The summed E-state index contributed by atoms with van der Waals surface area (Å²) in [5.41, 5.74) is 1.28. The minimum atomic E-state index is 0.176. The van der Waals surface area contributed by atoms with Gasteiger partial charge in [0.2, 0.25) is 5.91 Å². The molecule has 1 saturated heterocycles. The van der Waals surface area contributed by atoms with Crippen molar-refractivity contribution >= 4 is 17.2 Å². The molecule has 7 nitrogen and oxygen atoms in total. The van der Waals surface area contributed by atoms with Crippen LogP contribution in [0.1, 0.15) is 52.9 Å². The van der Waals surface area contributed by atoms with Crippen molar-refractivity contribution in [1.82, 2.24) is 24.8 Å². The van der Waals surface area contributed by atoms with Crippen molar-refractivity contribution in [3.8, 4) is 0 Å². The van der Waals surface area contributed by atoms with Crippen molar-refractivity contribution < 1.29 is 4.79 Å². The lowest BCUT2D eigenvalue weighted by Crippen LogP contribution is -2.50. The number of carbonyl (C=O) groups excluding carboxylic acids is 1. The zero-order chi connectivity index (χ0) is 21.1. The Labute approximate surface area is 179 Å². The second kappa shape index (κ2) is 8.92. The van der Waals surface area contributed by atoms with E-state index in [-0.39, 0.29) is 11.9 Å². The largest absolute Gasteiger partial charge is 0.368 e. The number of fused-ring (bicyclic) bond motifs is 1. The van der Waals surface area contributed by atoms with Crippen LogP contribution in [0.4, 0.5) is 5.82 Å². The van der Waals surface area contributed by atoms with Crippen LogP contribution in [-0.2, 0) is 4.79 Å². The molecule has 4 rings (SSSR count). The first-order valence-corrected chi connectivity index (χ1v) is 11.4. The van der Waals surface area contributed by atoms with E-state index in [2.05, 4.69) is 46.4 Å². The van der Waals surface area contributed by atoms with E-state index in [1.54, 1.807) is 6.33 Å². The minimum absolute atomic E-state index is 0.176. The summed E-state index contributed by atoms with van der Waals surface area (Å²) in [4.78, 5) is 19.5. The molecule has 1 aliphatic heterocycles. The highest BCUT2D eigenvalue weighted by molar-refractivity contribution is 5.78. The fourth-order valence-corrected chi connectivity index (χ4v) is 5.05. The lowest BCUT2D eigenvalue weighted by atomic mass is 9.70. The minimum Gasteiger partial charge on any atom is -0.368 e. The summed E-state index contributed by atoms with van der Waals surface area (Å²) in [6, 6.07) is 4.21. The molecule has 1 aliphatic carbocycles. The lowest BCUT2D eigenvalue weighted by molar-refractivity contribution is -0.124. The Hall–Kier alpha value is -2.15. The molecule has 2 aromatic rings. The molecule has 0 bridgehead atoms. The molecule has 1 saturated carbocycles. The summed E-state index contributed by atoms with van der Waals surface area (Å²) in [5, 5.41) is 11.2. The van der Waals surface area contributed by atoms with Gasteiger partial charge in [0.15, 0.2) is 5.82 Å². The van der Waals surface area contributed by atoms with Gasteiger partial charge in [-0.2, -0.15) is 5.10 Å². The zero-order valence-electron chi connectivity index (χ0n) is 18.6. The van der Waals surface area contributed by atoms with E-state index in [4.69, 9.17) is 0 Å². The Morgan fingerprint density at radius 3 is 2.87 bits per heavy atom. The molecule has 30 heavy (non-hydrogen) atoms. The molecule has 0 aromatic carbocycles. The van der Waals surface area contributed by atoms with E-state index in [9.17, 15) is 4.79 Å². The van der Waals surface area contributed by atoms with Gasteiger partial charge in [0.05, 0.1) is 6.54 Å². The highest BCUT2D eigenvalue weighted by Crippen LogP contribution is 2.39. The van der Waals surface area contributed by atoms with E-state index in [0.29, 0.717) is 17.9 Å². The first-order valence-electron chi connectivity index (χ1n) is 11.4. The standard InChI is InChI=1S/C23H36N6O/c1-17-7-11-28(12-8-17)15-21(30)27-19-6-9-23(2,3)13-18(19)14-24-22-20-5-4-10-29(20)26-16-25-22/h4-5,10,16-19H,6-9,11-15H2,1-3H3,(H,27,30)(H,24,25,26). The molecule has 3 heterocycles. The van der Waals surface area contributed by atoms with Gasteiger partial charge in [0, 0.05) is 18.8 Å². The Morgan fingerprint density at radius 2 is 2.07 bits per heavy atom. The second-order valence-corrected chi connectivity index (χ2v) is 10.1. The van der Waals surface area contributed by atoms with E-state index in [1.807, 2.05) is 22.8 Å². The summed E-state index contributed by atoms with van der Waals surface area (Å²) in [7, 11) is 0. The highest BCUT2D eigenvalue weighted by atomic mass is 16.2. The lowest BCUT2D eigenvalue weighted by Gasteiger charge is -2.41. The molecule has 2 fully saturated rings. The molecule has 2 N–H and O–H groups in total. The van der Waals surface area contributed by atoms with E-state index < -0.39 is 0 Å². The molecule has 1 amide bonds. The van der Waals surface area contributed by atoms with Gasteiger partial charge in [-0.15, -0.1) is 0 Å². The van der Waals surface area contributed by atoms with Gasteiger partial charge in [-0.3, -0.25) is 9.69 Å². The molecule has 2 atom stereocenters. The molecule has 164 valence electrons. The van der Waals surface area contributed by atoms with Crippen LogP contribution < -0.4 is 10.6 Å². The van der Waals surface area contributed by atoms with Crippen molar-refractivity contribution in [2.45, 2.75) is 58.9 Å². The maximum Gasteiger partial charge on any atom is 0.234 e. The van der Waals surface area contributed by atoms with Gasteiger partial charge in [-0.05, 0) is 74.6 Å². The van der Waals surface area contributed by atoms with Crippen molar-refractivity contribution in [3.05, 3.63) is 24.7 Å². The van der Waals surface area contributed by atoms with Crippen LogP contribution >= 0.6 is 0 Å². The van der Waals surface area contributed by atoms with Crippen LogP contribution in [-0.4, -0.2) is 57.6 Å². The van der Waals surface area contributed by atoms with Crippen molar-refractivity contribution in [2.75, 3.05) is 31.5 Å². The Kier molecular flexibility index (Phi) is 6.27. The SMILES string of the molecule is CC1CCN(CC(=O)NC2CCC(C)(C)CC2CNc2ncnn3cccc23)CC1. The van der Waals surface area contributed by atoms with E-state index in [0.717, 1.165) is 56.1 Å². The third-order valence-electron chi connectivity index (χ3n) is 6.97. The second-order valence-electron chi connectivity index (χ2n) is 10.1. The number of anilines is 1. The van der Waals surface area contributed by atoms with E-state index in [1.165, 1.54) is 12.8 Å². The van der Waals surface area contributed by atoms with E-state index >= 15 is 0 Å². The third-order valence-corrected chi connectivity index (χ3v) is 6.97. The maximum absolute atomic E-state index is 12.8. The normalized spacial score (nSPS) is 25.3. The number of amides is 1. The number of hydrogen-bond acceptors (Lipinski definition) is 5. The molecule has 2 unspecified atom stereocenters. The maximum atomic E-state index is 12.8. The summed E-state index contributed by atoms with van der Waals surface area (Å²) in [5.74, 6) is 2.19. The van der Waals surface area contributed by atoms with Crippen LogP contribution in [0.5, 0.6) is 0 Å². The summed E-state index contributed by atoms with van der Waals surface area (Å²) in [6.07, 6.45) is 9.18. The highest BCUT2D eigenvalue weighted by Gasteiger charge is 2.35. The monoisotopic (exact) mass is 412 g/mol. The quantitative estimate of drug-likeness (QED) is 0.762. The van der Waals surface area contributed by atoms with Gasteiger partial charge in [-0.25, -0.2) is 9.50 Å². The molecule has 0 radical (unpaired) electrons. The van der Waals surface area contributed by atoms with Crippen molar-refractivity contribution in [3.63, 3.8) is 0 Å². The number of hydrogen-bond donors (Lipinski definition) is 2. The Balaban J connectivity index is 1.37. The van der Waals surface area contributed by atoms with Gasteiger partial charge in [-0.1, -0.05) is 20.8 Å². The average molecular weight is 413 g/mol. The number of nitrogens with zero attached hydrogens (tertiary/aromatic N) is 4. The smallest absolute Gasteiger partial charge is 0.234 e. The molecule has 2 aromatic heterocycles. The van der Waals surface area contributed by atoms with Gasteiger partial charge in [0.25, 0.3) is 0 Å². The summed E-state index contributed by atoms with van der Waals surface area (Å²) in [6.45, 7) is 10.4. The van der Waals surface area contributed by atoms with Crippen LogP contribution in [0.3, 0.4) is 0 Å². The first kappa shape index (κ1) is 21.1. The number of nitrogens with one attached hydrogen (secondary N) is 2. The summed E-state index contributed by atoms with van der Waals surface area (Å²) >= 11 is 0. The van der Waals surface area contributed by atoms with Gasteiger partial charge < -0.3 is 10.6 Å². The number of piperidine rings is 1. The number of aromatic nitrogens is 3. The van der Waals surface area contributed by atoms with Gasteiger partial charge in [0.1, 0.15) is 11.8 Å². The predicted octanol–water partition coefficient (Wildman–Crippen LogP) is 3.18. The molecule has 7 heteroatoms. The van der Waals surface area contributed by atoms with Gasteiger partial charge >= 0.3 is 0 Å². The fraction of sp³-hybridized carbons (Fsp3) is 0.696. The van der Waals surface area contributed by atoms with Crippen LogP contribution in [0.2, 0.25) is 0 Å². The molecule has 2 aliphatic rings. The Morgan fingerprint density at radius 1 is 1.27 bits per heavy atom. The average Bonchev–Trinajstić information content (AvgIpc) is 3.19. The molecular formula is C23H36N6O. The number of carbonyl (C=O) groups is 1. The van der Waals surface area contributed by atoms with Crippen LogP contribution in [0.25, 0.3) is 5.52 Å². The fourth-order valence-electron chi connectivity index (χ4n) is 5.05. The van der Waals surface area contributed by atoms with Crippen LogP contribution in [0.15, 0.2) is 24.7 Å². The molecular weight excluding hydrogens is 376 g/mol. The third kappa shape index (κ3) is 5.12. The van der Waals surface area contributed by atoms with Crippen molar-refractivity contribution in [1.29, 1.82) is 0 Å². The summed E-state index contributed by atoms with van der Waals surface area (Å²) < 4.78 is 1.83. The first-order chi connectivity index (χ1) is 14.4.